The van der Waals surface area contributed by atoms with Gasteiger partial charge in [0.2, 0.25) is 0 Å². The van der Waals surface area contributed by atoms with Crippen molar-refractivity contribution in [1.29, 1.82) is 0 Å². The fourth-order valence-corrected chi connectivity index (χ4v) is 1.82. The summed E-state index contributed by atoms with van der Waals surface area (Å²) in [6.07, 6.45) is 3.83. The number of rotatable bonds is 5. The number of hydrogen-bond donors (Lipinski definition) is 0. The fraction of sp³-hybridized carbons (Fsp3) is 0.833. The Hall–Kier alpha value is -0.300. The molecule has 0 heterocycles. The molecule has 0 aliphatic carbocycles. The van der Waals surface area contributed by atoms with Gasteiger partial charge >= 0.3 is 0 Å². The van der Waals surface area contributed by atoms with E-state index >= 15 is 0 Å². The molecule has 0 spiro atoms. The summed E-state index contributed by atoms with van der Waals surface area (Å²) in [5, 5.41) is 0. The topological polar surface area (TPSA) is 9.23 Å². The quantitative estimate of drug-likeness (QED) is 0.593. The van der Waals surface area contributed by atoms with Crippen LogP contribution in [0.15, 0.2) is 11.6 Å². The highest BCUT2D eigenvalue weighted by Crippen LogP contribution is 2.20. The lowest BCUT2D eigenvalue weighted by molar-refractivity contribution is 0.0302. The molecule has 0 amide bonds. The fourth-order valence-electron chi connectivity index (χ4n) is 1.82. The SMILES string of the molecule is CC[C@H](C)[C@H](OC)[C@@H](C)C=C(C)C. The molecule has 0 aromatic rings. The van der Waals surface area contributed by atoms with Gasteiger partial charge in [0, 0.05) is 13.0 Å². The Morgan fingerprint density at radius 1 is 1.31 bits per heavy atom. The Morgan fingerprint density at radius 2 is 1.85 bits per heavy atom. The molecule has 0 aromatic heterocycles. The summed E-state index contributed by atoms with van der Waals surface area (Å²) in [4.78, 5) is 0. The highest BCUT2D eigenvalue weighted by Gasteiger charge is 2.20. The molecule has 3 atom stereocenters. The maximum absolute atomic E-state index is 5.52. The summed E-state index contributed by atoms with van der Waals surface area (Å²) in [5.74, 6) is 1.15. The lowest BCUT2D eigenvalue weighted by Gasteiger charge is -2.26. The summed E-state index contributed by atoms with van der Waals surface area (Å²) < 4.78 is 5.52. The minimum absolute atomic E-state index is 0.361. The molecular weight excluding hydrogens is 160 g/mol. The first-order valence-electron chi connectivity index (χ1n) is 5.20. The van der Waals surface area contributed by atoms with Gasteiger partial charge in [-0.05, 0) is 19.8 Å². The summed E-state index contributed by atoms with van der Waals surface area (Å²) in [7, 11) is 1.81. The van der Waals surface area contributed by atoms with E-state index in [1.807, 2.05) is 7.11 Å². The van der Waals surface area contributed by atoms with Gasteiger partial charge in [-0.2, -0.15) is 0 Å². The lowest BCUT2D eigenvalue weighted by Crippen LogP contribution is -2.26. The Balaban J connectivity index is 4.31. The van der Waals surface area contributed by atoms with Gasteiger partial charge in [0.1, 0.15) is 0 Å². The molecule has 78 valence electrons. The van der Waals surface area contributed by atoms with Crippen molar-refractivity contribution < 1.29 is 4.74 Å². The lowest BCUT2D eigenvalue weighted by atomic mass is 9.90. The highest BCUT2D eigenvalue weighted by molar-refractivity contribution is 4.99. The normalized spacial score (nSPS) is 17.7. The van der Waals surface area contributed by atoms with Gasteiger partial charge in [0.15, 0.2) is 0 Å². The van der Waals surface area contributed by atoms with Crippen molar-refractivity contribution in [3.8, 4) is 0 Å². The molecule has 0 saturated carbocycles. The van der Waals surface area contributed by atoms with Crippen molar-refractivity contribution in [2.24, 2.45) is 11.8 Å². The second-order valence-electron chi connectivity index (χ2n) is 4.19. The zero-order chi connectivity index (χ0) is 10.4. The summed E-state index contributed by atoms with van der Waals surface area (Å²) in [6, 6.07) is 0. The number of methoxy groups -OCH3 is 1. The van der Waals surface area contributed by atoms with Crippen LogP contribution in [0.4, 0.5) is 0 Å². The van der Waals surface area contributed by atoms with E-state index in [4.69, 9.17) is 4.74 Å². The van der Waals surface area contributed by atoms with E-state index in [9.17, 15) is 0 Å². The maximum Gasteiger partial charge on any atom is 0.0656 e. The van der Waals surface area contributed by atoms with Crippen molar-refractivity contribution in [2.45, 2.75) is 47.1 Å². The van der Waals surface area contributed by atoms with E-state index in [1.165, 1.54) is 12.0 Å². The van der Waals surface area contributed by atoms with Crippen LogP contribution in [0.25, 0.3) is 0 Å². The zero-order valence-electron chi connectivity index (χ0n) is 9.92. The minimum atomic E-state index is 0.361. The van der Waals surface area contributed by atoms with Crippen molar-refractivity contribution in [1.82, 2.24) is 0 Å². The summed E-state index contributed by atoms with van der Waals surface area (Å²) in [5.41, 5.74) is 1.37. The van der Waals surface area contributed by atoms with E-state index in [0.29, 0.717) is 17.9 Å². The van der Waals surface area contributed by atoms with Crippen molar-refractivity contribution >= 4 is 0 Å². The zero-order valence-corrected chi connectivity index (χ0v) is 9.92. The first-order valence-corrected chi connectivity index (χ1v) is 5.20. The molecule has 0 saturated heterocycles. The van der Waals surface area contributed by atoms with Gasteiger partial charge in [-0.3, -0.25) is 0 Å². The predicted molar refractivity (Wildman–Crippen MR) is 58.8 cm³/mol. The molecule has 0 unspecified atom stereocenters. The van der Waals surface area contributed by atoms with Gasteiger partial charge in [0.25, 0.3) is 0 Å². The predicted octanol–water partition coefficient (Wildman–Crippen LogP) is 3.65. The second kappa shape index (κ2) is 6.20. The van der Waals surface area contributed by atoms with Crippen molar-refractivity contribution in [3.05, 3.63) is 11.6 Å². The van der Waals surface area contributed by atoms with Crippen LogP contribution in [-0.2, 0) is 4.74 Å². The van der Waals surface area contributed by atoms with E-state index in [1.54, 1.807) is 0 Å². The standard InChI is InChI=1S/C12H24O/c1-7-10(4)12(13-6)11(5)8-9(2)3/h8,10-12H,7H2,1-6H3/t10-,11-,12-/m0/s1. The van der Waals surface area contributed by atoms with Crippen molar-refractivity contribution in [3.63, 3.8) is 0 Å². The number of allylic oxidation sites excluding steroid dienone is 1. The van der Waals surface area contributed by atoms with Crippen LogP contribution in [0.5, 0.6) is 0 Å². The molecule has 0 fully saturated rings. The molecule has 0 bridgehead atoms. The Bertz CT molecular complexity index is 157. The molecule has 13 heavy (non-hydrogen) atoms. The Labute approximate surface area is 83.2 Å². The molecular formula is C12H24O. The van der Waals surface area contributed by atoms with E-state index in [0.717, 1.165) is 0 Å². The molecule has 1 heteroatoms. The minimum Gasteiger partial charge on any atom is -0.381 e. The molecule has 0 rings (SSSR count). The van der Waals surface area contributed by atoms with E-state index in [-0.39, 0.29) is 0 Å². The summed E-state index contributed by atoms with van der Waals surface area (Å²) >= 11 is 0. The van der Waals surface area contributed by atoms with Gasteiger partial charge in [0.05, 0.1) is 6.10 Å². The Morgan fingerprint density at radius 3 is 2.15 bits per heavy atom. The third kappa shape index (κ3) is 4.47. The van der Waals surface area contributed by atoms with Crippen molar-refractivity contribution in [2.75, 3.05) is 7.11 Å². The van der Waals surface area contributed by atoms with Crippen LogP contribution in [-0.4, -0.2) is 13.2 Å². The molecule has 0 aliphatic rings. The third-order valence-corrected chi connectivity index (χ3v) is 2.59. The first-order chi connectivity index (χ1) is 6.02. The number of ether oxygens (including phenoxy) is 1. The second-order valence-corrected chi connectivity index (χ2v) is 4.19. The van der Waals surface area contributed by atoms with E-state index in [2.05, 4.69) is 40.7 Å². The smallest absolute Gasteiger partial charge is 0.0656 e. The largest absolute Gasteiger partial charge is 0.381 e. The van der Waals surface area contributed by atoms with Crippen LogP contribution in [0.2, 0.25) is 0 Å². The van der Waals surface area contributed by atoms with Gasteiger partial charge in [-0.1, -0.05) is 38.8 Å². The highest BCUT2D eigenvalue weighted by atomic mass is 16.5. The van der Waals surface area contributed by atoms with Gasteiger partial charge in [-0.25, -0.2) is 0 Å². The van der Waals surface area contributed by atoms with Gasteiger partial charge < -0.3 is 4.74 Å². The Kier molecular flexibility index (Phi) is 6.06. The molecule has 0 aromatic carbocycles. The summed E-state index contributed by atoms with van der Waals surface area (Å²) in [6.45, 7) is 11.0. The third-order valence-electron chi connectivity index (χ3n) is 2.59. The van der Waals surface area contributed by atoms with E-state index < -0.39 is 0 Å². The molecule has 0 aliphatic heterocycles. The van der Waals surface area contributed by atoms with Gasteiger partial charge in [-0.15, -0.1) is 0 Å². The molecule has 1 nitrogen and oxygen atoms in total. The average Bonchev–Trinajstić information content (AvgIpc) is 2.03. The molecule has 0 N–H and O–H groups in total. The average molecular weight is 184 g/mol. The monoisotopic (exact) mass is 184 g/mol. The maximum atomic E-state index is 5.52. The van der Waals surface area contributed by atoms with Crippen LogP contribution in [0.1, 0.15) is 41.0 Å². The molecule has 0 radical (unpaired) electrons. The van der Waals surface area contributed by atoms with Crippen LogP contribution < -0.4 is 0 Å². The van der Waals surface area contributed by atoms with Crippen LogP contribution >= 0.6 is 0 Å². The number of hydrogen-bond acceptors (Lipinski definition) is 1. The van der Waals surface area contributed by atoms with Crippen LogP contribution in [0.3, 0.4) is 0 Å². The van der Waals surface area contributed by atoms with Crippen LogP contribution in [0, 0.1) is 11.8 Å². The first kappa shape index (κ1) is 12.7.